The summed E-state index contributed by atoms with van der Waals surface area (Å²) in [5.41, 5.74) is 0.819. The topological polar surface area (TPSA) is 32.9 Å². The highest BCUT2D eigenvalue weighted by atomic mass is 35.5. The van der Waals surface area contributed by atoms with Gasteiger partial charge in [0, 0.05) is 16.3 Å². The van der Waals surface area contributed by atoms with Gasteiger partial charge in [0.15, 0.2) is 0 Å². The second kappa shape index (κ2) is 6.67. The molecule has 3 unspecified atom stereocenters. The Morgan fingerprint density at radius 3 is 2.62 bits per heavy atom. The number of halogens is 2. The van der Waals surface area contributed by atoms with Crippen LogP contribution in [0.1, 0.15) is 44.6 Å². The monoisotopic (exact) mass is 281 g/mol. The zero-order valence-electron chi connectivity index (χ0n) is 9.50. The fraction of sp³-hybridized carbons (Fsp3) is 0.727. The molecule has 0 aromatic carbocycles. The van der Waals surface area contributed by atoms with Gasteiger partial charge >= 0.3 is 0 Å². The van der Waals surface area contributed by atoms with Gasteiger partial charge in [-0.3, -0.25) is 9.17 Å². The van der Waals surface area contributed by atoms with E-state index in [1.54, 1.807) is 0 Å². The molecule has 5 heteroatoms. The van der Waals surface area contributed by atoms with Crippen molar-refractivity contribution in [2.75, 3.05) is 0 Å². The zero-order valence-corrected chi connectivity index (χ0v) is 11.8. The maximum atomic E-state index is 11.4. The van der Waals surface area contributed by atoms with Crippen molar-refractivity contribution in [3.63, 3.8) is 0 Å². The molecule has 0 bridgehead atoms. The molecule has 0 fully saturated rings. The van der Waals surface area contributed by atoms with Crippen LogP contribution in [0.15, 0.2) is 10.2 Å². The molecule has 1 heterocycles. The molecule has 1 aromatic rings. The van der Waals surface area contributed by atoms with E-state index in [1.165, 1.54) is 11.5 Å². The number of hydrogen-bond acceptors (Lipinski definition) is 2. The molecule has 0 radical (unpaired) electrons. The molecule has 0 saturated heterocycles. The van der Waals surface area contributed by atoms with Crippen LogP contribution in [0.3, 0.4) is 0 Å². The number of aromatic nitrogens is 1. The van der Waals surface area contributed by atoms with Crippen molar-refractivity contribution >= 4 is 34.7 Å². The van der Waals surface area contributed by atoms with E-state index in [9.17, 15) is 4.79 Å². The number of rotatable bonds is 6. The molecular weight excluding hydrogens is 265 g/mol. The summed E-state index contributed by atoms with van der Waals surface area (Å²) >= 11 is 13.7. The summed E-state index contributed by atoms with van der Waals surface area (Å²) in [6.07, 6.45) is 2.70. The van der Waals surface area contributed by atoms with E-state index >= 15 is 0 Å². The van der Waals surface area contributed by atoms with Crippen molar-refractivity contribution in [3.8, 4) is 0 Å². The quantitative estimate of drug-likeness (QED) is 0.787. The first-order chi connectivity index (χ1) is 7.56. The normalized spacial score (nSPS) is 17.0. The molecule has 1 aromatic heterocycles. The first-order valence-corrected chi connectivity index (χ1v) is 7.25. The van der Waals surface area contributed by atoms with Gasteiger partial charge in [0.1, 0.15) is 0 Å². The lowest BCUT2D eigenvalue weighted by Crippen LogP contribution is -2.19. The molecule has 0 aliphatic heterocycles. The van der Waals surface area contributed by atoms with Crippen LogP contribution < -0.4 is 5.56 Å². The Balaban J connectivity index is 2.54. The number of alkyl halides is 2. The predicted molar refractivity (Wildman–Crippen MR) is 72.2 cm³/mol. The standard InChI is InChI=1S/C11H17Cl2NOS/c1-3-4-9(12)10(13)5-7(2)8-6-16-14-11(8)15/h6-7,9-10H,3-5H2,1-2H3,(H,14,15). The van der Waals surface area contributed by atoms with Gasteiger partial charge in [0.05, 0.1) is 5.38 Å². The number of aromatic amines is 1. The molecule has 1 N–H and O–H groups in total. The van der Waals surface area contributed by atoms with E-state index in [1.807, 2.05) is 12.3 Å². The molecule has 92 valence electrons. The molecule has 2 nitrogen and oxygen atoms in total. The summed E-state index contributed by atoms with van der Waals surface area (Å²) in [6, 6.07) is 0. The molecule has 0 aliphatic carbocycles. The van der Waals surface area contributed by atoms with E-state index in [4.69, 9.17) is 23.2 Å². The van der Waals surface area contributed by atoms with Crippen molar-refractivity contribution in [1.82, 2.24) is 4.37 Å². The lowest BCUT2D eigenvalue weighted by Gasteiger charge is -2.18. The molecule has 0 aliphatic rings. The smallest absolute Gasteiger partial charge is 0.261 e. The lowest BCUT2D eigenvalue weighted by atomic mass is 9.97. The second-order valence-corrected chi connectivity index (χ2v) is 5.88. The van der Waals surface area contributed by atoms with Gasteiger partial charge in [-0.2, -0.15) is 0 Å². The van der Waals surface area contributed by atoms with Gasteiger partial charge in [0.2, 0.25) is 0 Å². The Hall–Kier alpha value is 0.01000. The van der Waals surface area contributed by atoms with Gasteiger partial charge in [-0.25, -0.2) is 0 Å². The Bertz CT molecular complexity index is 363. The maximum Gasteiger partial charge on any atom is 0.261 e. The third kappa shape index (κ3) is 3.79. The van der Waals surface area contributed by atoms with Crippen molar-refractivity contribution < 1.29 is 0 Å². The molecule has 16 heavy (non-hydrogen) atoms. The van der Waals surface area contributed by atoms with Crippen LogP contribution in [-0.2, 0) is 0 Å². The average Bonchev–Trinajstić information content (AvgIpc) is 2.64. The van der Waals surface area contributed by atoms with Crippen LogP contribution in [0, 0.1) is 0 Å². The van der Waals surface area contributed by atoms with Crippen LogP contribution in [0.25, 0.3) is 0 Å². The second-order valence-electron chi connectivity index (χ2n) is 4.08. The highest BCUT2D eigenvalue weighted by Gasteiger charge is 2.21. The molecule has 0 spiro atoms. The van der Waals surface area contributed by atoms with Crippen molar-refractivity contribution in [1.29, 1.82) is 0 Å². The van der Waals surface area contributed by atoms with Gasteiger partial charge in [-0.05, 0) is 18.8 Å². The summed E-state index contributed by atoms with van der Waals surface area (Å²) < 4.78 is 2.69. The van der Waals surface area contributed by atoms with Crippen LogP contribution in [-0.4, -0.2) is 15.1 Å². The summed E-state index contributed by atoms with van der Waals surface area (Å²) in [5.74, 6) is 0.163. The fourth-order valence-electron chi connectivity index (χ4n) is 1.67. The molecule has 1 rings (SSSR count). The minimum absolute atomic E-state index is 0.00276. The third-order valence-corrected chi connectivity index (χ3v) is 4.47. The molecule has 0 saturated carbocycles. The van der Waals surface area contributed by atoms with Gasteiger partial charge in [-0.1, -0.05) is 31.8 Å². The molecule has 0 amide bonds. The van der Waals surface area contributed by atoms with E-state index in [0.29, 0.717) is 0 Å². The van der Waals surface area contributed by atoms with Crippen LogP contribution in [0.2, 0.25) is 0 Å². The van der Waals surface area contributed by atoms with E-state index < -0.39 is 0 Å². The fourth-order valence-corrected chi connectivity index (χ4v) is 3.13. The van der Waals surface area contributed by atoms with E-state index in [-0.39, 0.29) is 22.2 Å². The van der Waals surface area contributed by atoms with E-state index in [2.05, 4.69) is 11.3 Å². The third-order valence-electron chi connectivity index (χ3n) is 2.67. The van der Waals surface area contributed by atoms with Crippen LogP contribution in [0.4, 0.5) is 0 Å². The maximum absolute atomic E-state index is 11.4. The Morgan fingerprint density at radius 2 is 2.12 bits per heavy atom. The van der Waals surface area contributed by atoms with Gasteiger partial charge in [-0.15, -0.1) is 23.2 Å². The highest BCUT2D eigenvalue weighted by molar-refractivity contribution is 7.03. The van der Waals surface area contributed by atoms with Crippen LogP contribution >= 0.6 is 34.7 Å². The van der Waals surface area contributed by atoms with Gasteiger partial charge < -0.3 is 0 Å². The van der Waals surface area contributed by atoms with Crippen molar-refractivity contribution in [3.05, 3.63) is 21.3 Å². The largest absolute Gasteiger partial charge is 0.278 e. The summed E-state index contributed by atoms with van der Waals surface area (Å²) in [5, 5.41) is 1.78. The number of nitrogens with one attached hydrogen (secondary N) is 1. The number of hydrogen-bond donors (Lipinski definition) is 1. The lowest BCUT2D eigenvalue weighted by molar-refractivity contribution is 0.592. The molecular formula is C11H17Cl2NOS. The Labute approximate surface area is 110 Å². The molecule has 3 atom stereocenters. The Morgan fingerprint density at radius 1 is 1.44 bits per heavy atom. The predicted octanol–water partition coefficient (Wildman–Crippen LogP) is 3.94. The van der Waals surface area contributed by atoms with E-state index in [0.717, 1.165) is 24.8 Å². The summed E-state index contributed by atoms with van der Waals surface area (Å²) in [4.78, 5) is 11.4. The SMILES string of the molecule is CCCC(Cl)C(Cl)CC(C)c1cs[nH]c1=O. The first-order valence-electron chi connectivity index (χ1n) is 5.50. The Kier molecular flexibility index (Phi) is 5.87. The summed E-state index contributed by atoms with van der Waals surface area (Å²) in [6.45, 7) is 4.11. The zero-order chi connectivity index (χ0) is 12.1. The van der Waals surface area contributed by atoms with Crippen LogP contribution in [0.5, 0.6) is 0 Å². The average molecular weight is 282 g/mol. The highest BCUT2D eigenvalue weighted by Crippen LogP contribution is 2.26. The minimum atomic E-state index is -0.0732. The minimum Gasteiger partial charge on any atom is -0.278 e. The first kappa shape index (κ1) is 14.1. The van der Waals surface area contributed by atoms with Crippen molar-refractivity contribution in [2.45, 2.75) is 49.8 Å². The number of H-pyrrole nitrogens is 1. The van der Waals surface area contributed by atoms with Crippen molar-refractivity contribution in [2.24, 2.45) is 0 Å². The summed E-state index contributed by atoms with van der Waals surface area (Å²) in [7, 11) is 0. The van der Waals surface area contributed by atoms with Gasteiger partial charge in [0.25, 0.3) is 5.56 Å².